The van der Waals surface area contributed by atoms with Crippen LogP contribution in [0.3, 0.4) is 0 Å². The number of ether oxygens (including phenoxy) is 1. The largest absolute Gasteiger partial charge is 0.444 e. The number of hydrogen-bond acceptors (Lipinski definition) is 5. The molecule has 0 aliphatic rings. The van der Waals surface area contributed by atoms with Crippen LogP contribution in [0.5, 0.6) is 0 Å². The molecule has 1 amide bonds. The summed E-state index contributed by atoms with van der Waals surface area (Å²) in [5.74, 6) is 0. The average molecular weight is 343 g/mol. The van der Waals surface area contributed by atoms with E-state index in [1.165, 1.54) is 0 Å². The maximum Gasteiger partial charge on any atom is 0.410 e. The SMILES string of the molecule is CC(C)(C)OC(=O)N(CCCOS(C)(=O)=O)Cc1ccccc1. The Balaban J connectivity index is 2.66. The molecule has 0 saturated carbocycles. The molecule has 0 aliphatic heterocycles. The minimum atomic E-state index is -3.46. The van der Waals surface area contributed by atoms with Crippen LogP contribution in [-0.2, 0) is 25.6 Å². The molecule has 0 saturated heterocycles. The lowest BCUT2D eigenvalue weighted by Crippen LogP contribution is -2.37. The molecule has 1 rings (SSSR count). The van der Waals surface area contributed by atoms with E-state index < -0.39 is 21.8 Å². The van der Waals surface area contributed by atoms with Gasteiger partial charge in [0, 0.05) is 13.1 Å². The van der Waals surface area contributed by atoms with Gasteiger partial charge >= 0.3 is 6.09 Å². The first kappa shape index (κ1) is 19.4. The second kappa shape index (κ2) is 8.31. The highest BCUT2D eigenvalue weighted by Gasteiger charge is 2.22. The van der Waals surface area contributed by atoms with E-state index in [9.17, 15) is 13.2 Å². The smallest absolute Gasteiger partial charge is 0.410 e. The maximum absolute atomic E-state index is 12.3. The molecule has 0 radical (unpaired) electrons. The molecule has 130 valence electrons. The highest BCUT2D eigenvalue weighted by molar-refractivity contribution is 7.85. The third kappa shape index (κ3) is 9.20. The van der Waals surface area contributed by atoms with E-state index >= 15 is 0 Å². The first-order chi connectivity index (χ1) is 10.6. The molecule has 0 N–H and O–H groups in total. The first-order valence-electron chi connectivity index (χ1n) is 7.43. The zero-order valence-electron chi connectivity index (χ0n) is 14.1. The van der Waals surface area contributed by atoms with Crippen LogP contribution in [0.15, 0.2) is 30.3 Å². The van der Waals surface area contributed by atoms with Crippen LogP contribution in [0.4, 0.5) is 4.79 Å². The number of benzene rings is 1. The molecule has 0 unspecified atom stereocenters. The molecule has 0 heterocycles. The number of hydrogen-bond donors (Lipinski definition) is 0. The van der Waals surface area contributed by atoms with Crippen molar-refractivity contribution in [2.24, 2.45) is 0 Å². The second-order valence-electron chi connectivity index (χ2n) is 6.27. The van der Waals surface area contributed by atoms with Crippen molar-refractivity contribution in [2.75, 3.05) is 19.4 Å². The van der Waals surface area contributed by atoms with Crippen molar-refractivity contribution >= 4 is 16.2 Å². The highest BCUT2D eigenvalue weighted by atomic mass is 32.2. The fraction of sp³-hybridized carbons (Fsp3) is 0.562. The van der Waals surface area contributed by atoms with E-state index in [0.29, 0.717) is 19.5 Å². The van der Waals surface area contributed by atoms with Gasteiger partial charge in [0.2, 0.25) is 0 Å². The summed E-state index contributed by atoms with van der Waals surface area (Å²) >= 11 is 0. The Hall–Kier alpha value is -1.60. The predicted molar refractivity (Wildman–Crippen MR) is 88.5 cm³/mol. The Morgan fingerprint density at radius 3 is 2.30 bits per heavy atom. The molecule has 7 heteroatoms. The van der Waals surface area contributed by atoms with E-state index in [4.69, 9.17) is 8.92 Å². The maximum atomic E-state index is 12.3. The standard InChI is InChI=1S/C16H25NO5S/c1-16(2,3)22-15(18)17(11-8-12-21-23(4,19)20)13-14-9-6-5-7-10-14/h5-7,9-10H,8,11-13H2,1-4H3. The van der Waals surface area contributed by atoms with Gasteiger partial charge < -0.3 is 9.64 Å². The Labute approximate surface area is 138 Å². The van der Waals surface area contributed by atoms with Crippen molar-refractivity contribution in [3.8, 4) is 0 Å². The Kier molecular flexibility index (Phi) is 7.02. The van der Waals surface area contributed by atoms with Crippen LogP contribution in [0, 0.1) is 0 Å². The van der Waals surface area contributed by atoms with Gasteiger partial charge in [-0.3, -0.25) is 4.18 Å². The predicted octanol–water partition coefficient (Wildman–Crippen LogP) is 2.79. The summed E-state index contributed by atoms with van der Waals surface area (Å²) in [5.41, 5.74) is 0.386. The van der Waals surface area contributed by atoms with Crippen molar-refractivity contribution < 1.29 is 22.1 Å². The van der Waals surface area contributed by atoms with Crippen LogP contribution in [0.25, 0.3) is 0 Å². The van der Waals surface area contributed by atoms with E-state index in [2.05, 4.69) is 0 Å². The number of nitrogens with zero attached hydrogens (tertiary/aromatic N) is 1. The van der Waals surface area contributed by atoms with Crippen LogP contribution in [0.1, 0.15) is 32.8 Å². The summed E-state index contributed by atoms with van der Waals surface area (Å²) in [4.78, 5) is 13.8. The molecule has 1 aromatic carbocycles. The summed E-state index contributed by atoms with van der Waals surface area (Å²) in [5, 5.41) is 0. The quantitative estimate of drug-likeness (QED) is 0.562. The molecule has 0 aromatic heterocycles. The van der Waals surface area contributed by atoms with Crippen molar-refractivity contribution in [1.82, 2.24) is 4.90 Å². The van der Waals surface area contributed by atoms with E-state index in [0.717, 1.165) is 11.8 Å². The van der Waals surface area contributed by atoms with E-state index in [-0.39, 0.29) is 6.61 Å². The van der Waals surface area contributed by atoms with Crippen LogP contribution >= 0.6 is 0 Å². The lowest BCUT2D eigenvalue weighted by atomic mass is 10.2. The molecule has 6 nitrogen and oxygen atoms in total. The topological polar surface area (TPSA) is 72.9 Å². The van der Waals surface area contributed by atoms with Crippen molar-refractivity contribution in [1.29, 1.82) is 0 Å². The molecular formula is C16H25NO5S. The van der Waals surface area contributed by atoms with Crippen molar-refractivity contribution in [3.05, 3.63) is 35.9 Å². The summed E-state index contributed by atoms with van der Waals surface area (Å²) in [6, 6.07) is 9.54. The number of carbonyl (C=O) groups is 1. The average Bonchev–Trinajstić information content (AvgIpc) is 2.40. The summed E-state index contributed by atoms with van der Waals surface area (Å²) < 4.78 is 32.0. The number of carbonyl (C=O) groups excluding carboxylic acids is 1. The zero-order chi connectivity index (χ0) is 17.5. The lowest BCUT2D eigenvalue weighted by molar-refractivity contribution is 0.0226. The van der Waals surface area contributed by atoms with Gasteiger partial charge in [-0.15, -0.1) is 0 Å². The molecule has 0 fully saturated rings. The normalized spacial score (nSPS) is 12.0. The molecule has 0 aliphatic carbocycles. The molecule has 0 atom stereocenters. The van der Waals surface area contributed by atoms with E-state index in [1.54, 1.807) is 25.7 Å². The summed E-state index contributed by atoms with van der Waals surface area (Å²) in [6.45, 7) is 6.19. The minimum Gasteiger partial charge on any atom is -0.444 e. The van der Waals surface area contributed by atoms with Crippen molar-refractivity contribution in [3.63, 3.8) is 0 Å². The molecule has 0 spiro atoms. The Bertz CT molecular complexity index is 593. The van der Waals surface area contributed by atoms with E-state index in [1.807, 2.05) is 30.3 Å². The molecular weight excluding hydrogens is 318 g/mol. The Morgan fingerprint density at radius 2 is 1.78 bits per heavy atom. The highest BCUT2D eigenvalue weighted by Crippen LogP contribution is 2.13. The minimum absolute atomic E-state index is 0.0346. The van der Waals surface area contributed by atoms with Gasteiger partial charge in [-0.2, -0.15) is 8.42 Å². The van der Waals surface area contributed by atoms with Gasteiger partial charge in [0.05, 0.1) is 12.9 Å². The van der Waals surface area contributed by atoms with Crippen LogP contribution in [0.2, 0.25) is 0 Å². The van der Waals surface area contributed by atoms with Gasteiger partial charge in [0.15, 0.2) is 0 Å². The fourth-order valence-corrected chi connectivity index (χ4v) is 2.25. The lowest BCUT2D eigenvalue weighted by Gasteiger charge is -2.27. The third-order valence-corrected chi connectivity index (χ3v) is 3.33. The van der Waals surface area contributed by atoms with Crippen LogP contribution in [-0.4, -0.2) is 44.4 Å². The Morgan fingerprint density at radius 1 is 1.17 bits per heavy atom. The number of rotatable bonds is 7. The van der Waals surface area contributed by atoms with Gasteiger partial charge in [0.1, 0.15) is 5.60 Å². The van der Waals surface area contributed by atoms with Crippen LogP contribution < -0.4 is 0 Å². The monoisotopic (exact) mass is 343 g/mol. The second-order valence-corrected chi connectivity index (χ2v) is 7.91. The molecule has 23 heavy (non-hydrogen) atoms. The van der Waals surface area contributed by atoms with Gasteiger partial charge in [0.25, 0.3) is 10.1 Å². The number of amides is 1. The molecule has 0 bridgehead atoms. The summed E-state index contributed by atoms with van der Waals surface area (Å²) in [7, 11) is -3.46. The van der Waals surface area contributed by atoms with Crippen molar-refractivity contribution in [2.45, 2.75) is 39.3 Å². The molecule has 1 aromatic rings. The first-order valence-corrected chi connectivity index (χ1v) is 9.25. The van der Waals surface area contributed by atoms with Gasteiger partial charge in [-0.1, -0.05) is 30.3 Å². The summed E-state index contributed by atoms with van der Waals surface area (Å²) in [6.07, 6.45) is 0.975. The third-order valence-electron chi connectivity index (χ3n) is 2.74. The van der Waals surface area contributed by atoms with Gasteiger partial charge in [-0.25, -0.2) is 4.79 Å². The van der Waals surface area contributed by atoms with Gasteiger partial charge in [-0.05, 0) is 32.8 Å². The zero-order valence-corrected chi connectivity index (χ0v) is 14.9. The fourth-order valence-electron chi connectivity index (χ4n) is 1.83.